The first-order valence-corrected chi connectivity index (χ1v) is 4.58. The van der Waals surface area contributed by atoms with E-state index in [1.165, 1.54) is 17.1 Å². The Morgan fingerprint density at radius 3 is 2.38 bits per heavy atom. The van der Waals surface area contributed by atoms with Gasteiger partial charge in [-0.05, 0) is 0 Å². The first kappa shape index (κ1) is 12.5. The van der Waals surface area contributed by atoms with E-state index in [-0.39, 0.29) is 12.4 Å². The van der Waals surface area contributed by atoms with Gasteiger partial charge in [-0.1, -0.05) is 11.8 Å². The van der Waals surface area contributed by atoms with Crippen LogP contribution in [0.3, 0.4) is 0 Å². The number of carbonyl (C=O) groups is 2. The Morgan fingerprint density at radius 2 is 1.92 bits per heavy atom. The van der Waals surface area contributed by atoms with Crippen molar-refractivity contribution in [2.75, 3.05) is 5.75 Å². The molecule has 1 saturated heterocycles. The summed E-state index contributed by atoms with van der Waals surface area (Å²) >= 11 is 1.27. The molecule has 0 aromatic rings. The molecule has 0 spiro atoms. The molecule has 0 aliphatic carbocycles. The van der Waals surface area contributed by atoms with E-state index in [1.54, 1.807) is 0 Å². The third-order valence-electron chi connectivity index (χ3n) is 1.69. The van der Waals surface area contributed by atoms with Gasteiger partial charge in [-0.25, -0.2) is 9.59 Å². The number of quaternary nitrogens is 1. The first-order chi connectivity index (χ1) is 5.61. The monoisotopic (exact) mass is 227 g/mol. The number of hydrogen-bond donors (Lipinski definition) is 3. The minimum absolute atomic E-state index is 0. The summed E-state index contributed by atoms with van der Waals surface area (Å²) in [4.78, 5) is 21.0. The van der Waals surface area contributed by atoms with Gasteiger partial charge in [-0.15, -0.1) is 0 Å². The van der Waals surface area contributed by atoms with Gasteiger partial charge in [0.2, 0.25) is 5.37 Å². The number of thioether (sulfide) groups is 1. The lowest BCUT2D eigenvalue weighted by molar-refractivity contribution is -0.683. The van der Waals surface area contributed by atoms with Crippen molar-refractivity contribution in [2.45, 2.75) is 17.8 Å². The molecule has 1 heterocycles. The van der Waals surface area contributed by atoms with Gasteiger partial charge in [0.15, 0.2) is 6.04 Å². The number of rotatable bonds is 2. The van der Waals surface area contributed by atoms with Crippen molar-refractivity contribution in [3.8, 4) is 0 Å². The number of carboxylic acid groups (broad SMARTS) is 2. The predicted octanol–water partition coefficient (Wildman–Crippen LogP) is -4.45. The van der Waals surface area contributed by atoms with Crippen LogP contribution < -0.4 is 17.7 Å². The fourth-order valence-electron chi connectivity index (χ4n) is 1.04. The van der Waals surface area contributed by atoms with Gasteiger partial charge >= 0.3 is 11.9 Å². The molecule has 7 heteroatoms. The summed E-state index contributed by atoms with van der Waals surface area (Å²) in [5.74, 6) is -1.28. The van der Waals surface area contributed by atoms with Crippen molar-refractivity contribution in [1.29, 1.82) is 0 Å². The fourth-order valence-corrected chi connectivity index (χ4v) is 2.13. The van der Waals surface area contributed by atoms with Crippen LogP contribution in [-0.4, -0.2) is 39.3 Å². The van der Waals surface area contributed by atoms with Crippen LogP contribution in [-0.2, 0) is 9.59 Å². The molecule has 1 unspecified atom stereocenters. The topological polar surface area (TPSA) is 91.2 Å². The predicted molar refractivity (Wildman–Crippen MR) is 41.8 cm³/mol. The average molecular weight is 228 g/mol. The van der Waals surface area contributed by atoms with Gasteiger partial charge in [-0.2, -0.15) is 0 Å². The third kappa shape index (κ3) is 3.41. The van der Waals surface area contributed by atoms with Crippen LogP contribution in [0, 0.1) is 0 Å². The summed E-state index contributed by atoms with van der Waals surface area (Å²) in [6.07, 6.45) is 0.532. The third-order valence-corrected chi connectivity index (χ3v) is 2.88. The number of hydrogen-bond acceptors (Lipinski definition) is 3. The average Bonchev–Trinajstić information content (AvgIpc) is 2.04. The lowest BCUT2D eigenvalue weighted by atomic mass is 10.2. The van der Waals surface area contributed by atoms with Gasteiger partial charge in [0.1, 0.15) is 0 Å². The lowest BCUT2D eigenvalue weighted by Gasteiger charge is -2.21. The Balaban J connectivity index is 0.00000144. The quantitative estimate of drug-likeness (QED) is 0.443. The summed E-state index contributed by atoms with van der Waals surface area (Å²) in [7, 11) is 0. The van der Waals surface area contributed by atoms with E-state index in [0.29, 0.717) is 12.2 Å². The van der Waals surface area contributed by atoms with Gasteiger partial charge in [-0.3, -0.25) is 0 Å². The maximum atomic E-state index is 10.5. The molecular weight excluding hydrogens is 218 g/mol. The van der Waals surface area contributed by atoms with Gasteiger partial charge in [0.25, 0.3) is 0 Å². The maximum Gasteiger partial charge on any atom is 0.373 e. The molecule has 13 heavy (non-hydrogen) atoms. The number of carboxylic acids is 2. The van der Waals surface area contributed by atoms with Crippen molar-refractivity contribution >= 4 is 23.7 Å². The van der Waals surface area contributed by atoms with Gasteiger partial charge in [0.05, 0.1) is 0 Å². The van der Waals surface area contributed by atoms with Crippen molar-refractivity contribution in [1.82, 2.24) is 0 Å². The summed E-state index contributed by atoms with van der Waals surface area (Å²) in [6.45, 7) is 0. The normalized spacial score (nSPS) is 27.4. The molecular formula is C6H10ClNO4S. The van der Waals surface area contributed by atoms with E-state index >= 15 is 0 Å². The summed E-state index contributed by atoms with van der Waals surface area (Å²) in [5, 5.41) is 17.9. The van der Waals surface area contributed by atoms with Crippen LogP contribution in [0.5, 0.6) is 0 Å². The maximum absolute atomic E-state index is 10.5. The Labute approximate surface area is 85.3 Å². The molecule has 0 aromatic carbocycles. The van der Waals surface area contributed by atoms with E-state index in [9.17, 15) is 9.59 Å². The Bertz CT molecular complexity index is 193. The smallest absolute Gasteiger partial charge is 0.373 e. The van der Waals surface area contributed by atoms with E-state index in [2.05, 4.69) is 0 Å². The fraction of sp³-hybridized carbons (Fsp3) is 0.667. The van der Waals surface area contributed by atoms with Gasteiger partial charge < -0.3 is 27.9 Å². The highest BCUT2D eigenvalue weighted by Gasteiger charge is 2.34. The Morgan fingerprint density at radius 1 is 1.31 bits per heavy atom. The highest BCUT2D eigenvalue weighted by molar-refractivity contribution is 8.00. The van der Waals surface area contributed by atoms with E-state index in [4.69, 9.17) is 10.2 Å². The van der Waals surface area contributed by atoms with Crippen LogP contribution in [0.4, 0.5) is 0 Å². The summed E-state index contributed by atoms with van der Waals surface area (Å²) < 4.78 is 0. The van der Waals surface area contributed by atoms with E-state index in [1.807, 2.05) is 0 Å². The van der Waals surface area contributed by atoms with E-state index < -0.39 is 23.4 Å². The Kier molecular flexibility index (Phi) is 5.12. The molecule has 0 saturated carbocycles. The SMILES string of the molecule is O=C(O)C1[NH2+][C@H](C(=O)O)CCS1.[Cl-]. The molecule has 4 N–H and O–H groups in total. The molecule has 1 fully saturated rings. The molecule has 1 aliphatic rings. The highest BCUT2D eigenvalue weighted by Crippen LogP contribution is 2.12. The van der Waals surface area contributed by atoms with Gasteiger partial charge in [0, 0.05) is 12.2 Å². The highest BCUT2D eigenvalue weighted by atomic mass is 35.5. The van der Waals surface area contributed by atoms with Crippen molar-refractivity contribution in [2.24, 2.45) is 0 Å². The molecule has 5 nitrogen and oxygen atoms in total. The van der Waals surface area contributed by atoms with Crippen LogP contribution in [0.1, 0.15) is 6.42 Å². The zero-order chi connectivity index (χ0) is 9.14. The standard InChI is InChI=1S/C6H9NO4S.ClH/c8-5(9)3-1-2-12-4(7-3)6(10)11;/h3-4,7H,1-2H2,(H,8,9)(H,10,11);1H/t3-,4?;/m0./s1. The molecule has 76 valence electrons. The number of halogens is 1. The van der Waals surface area contributed by atoms with Crippen molar-refractivity contribution in [3.63, 3.8) is 0 Å². The molecule has 0 amide bonds. The second-order valence-electron chi connectivity index (χ2n) is 2.56. The number of aliphatic carboxylic acids is 2. The Hall–Kier alpha value is -0.460. The van der Waals surface area contributed by atoms with Crippen LogP contribution in [0.25, 0.3) is 0 Å². The molecule has 0 radical (unpaired) electrons. The lowest BCUT2D eigenvalue weighted by Crippen LogP contribution is -3.00. The summed E-state index contributed by atoms with van der Waals surface area (Å²) in [6, 6.07) is -0.590. The largest absolute Gasteiger partial charge is 1.00 e. The number of nitrogens with two attached hydrogens (primary N) is 1. The van der Waals surface area contributed by atoms with Crippen LogP contribution in [0.15, 0.2) is 0 Å². The molecule has 0 bridgehead atoms. The second-order valence-corrected chi connectivity index (χ2v) is 3.80. The van der Waals surface area contributed by atoms with Crippen molar-refractivity contribution in [3.05, 3.63) is 0 Å². The second kappa shape index (κ2) is 5.31. The zero-order valence-corrected chi connectivity index (χ0v) is 8.22. The first-order valence-electron chi connectivity index (χ1n) is 3.53. The molecule has 1 rings (SSSR count). The molecule has 0 aromatic heterocycles. The van der Waals surface area contributed by atoms with Crippen LogP contribution >= 0.6 is 11.8 Å². The molecule has 1 aliphatic heterocycles. The van der Waals surface area contributed by atoms with E-state index in [0.717, 1.165) is 0 Å². The minimum atomic E-state index is -0.953. The molecule has 2 atom stereocenters. The minimum Gasteiger partial charge on any atom is -1.00 e. The zero-order valence-electron chi connectivity index (χ0n) is 6.64. The summed E-state index contributed by atoms with van der Waals surface area (Å²) in [5.41, 5.74) is 0. The van der Waals surface area contributed by atoms with Crippen molar-refractivity contribution < 1.29 is 37.5 Å². The van der Waals surface area contributed by atoms with Crippen LogP contribution in [0.2, 0.25) is 0 Å².